The second-order valence-electron chi connectivity index (χ2n) is 16.5. The Labute approximate surface area is 225 Å². The lowest BCUT2D eigenvalue weighted by Crippen LogP contribution is -2.67. The molecule has 1 aromatic carbocycles. The van der Waals surface area contributed by atoms with Crippen LogP contribution in [0.25, 0.3) is 5.57 Å². The second kappa shape index (κ2) is 8.29. The van der Waals surface area contributed by atoms with Crippen molar-refractivity contribution in [3.63, 3.8) is 0 Å². The highest BCUT2D eigenvalue weighted by atomic mass is 28.3. The molecule has 0 N–H and O–H groups in total. The zero-order chi connectivity index (χ0) is 27.4. The van der Waals surface area contributed by atoms with Gasteiger partial charge in [-0.25, -0.2) is 0 Å². The minimum atomic E-state index is -1.82. The summed E-state index contributed by atoms with van der Waals surface area (Å²) in [6.45, 7) is 37.5. The molecule has 0 aromatic heterocycles. The third kappa shape index (κ3) is 4.20. The zero-order valence-electron chi connectivity index (χ0n) is 26.2. The maximum atomic E-state index is 2.97. The van der Waals surface area contributed by atoms with E-state index in [4.69, 9.17) is 0 Å². The van der Waals surface area contributed by atoms with Crippen LogP contribution in [0.1, 0.15) is 80.4 Å². The van der Waals surface area contributed by atoms with Crippen molar-refractivity contribution in [3.05, 3.63) is 47.1 Å². The second-order valence-corrected chi connectivity index (χ2v) is 26.0. The SMILES string of the molecule is CC1C(C)C([Si](C)(C)N(C(C)(C)C)C(C)(C)C)C2C=C3C(=CC12)C(C)(C)c1cc([Si](C)(C)C)ccc13. The molecule has 1 aromatic rings. The average Bonchev–Trinajstić information content (AvgIpc) is 3.05. The molecule has 1 saturated carbocycles. The van der Waals surface area contributed by atoms with Gasteiger partial charge in [-0.1, -0.05) is 96.0 Å². The molecule has 36 heavy (non-hydrogen) atoms. The summed E-state index contributed by atoms with van der Waals surface area (Å²) in [4.78, 5) is 0. The Morgan fingerprint density at radius 1 is 0.778 bits per heavy atom. The summed E-state index contributed by atoms with van der Waals surface area (Å²) in [6.07, 6.45) is 5.54. The summed E-state index contributed by atoms with van der Waals surface area (Å²) in [5, 5.41) is 1.59. The number of nitrogens with zero attached hydrogens (tertiary/aromatic N) is 1. The van der Waals surface area contributed by atoms with E-state index >= 15 is 0 Å². The number of hydrogen-bond donors (Lipinski definition) is 0. The Hall–Kier alpha value is -0.906. The van der Waals surface area contributed by atoms with Crippen molar-refractivity contribution >= 4 is 27.1 Å². The lowest BCUT2D eigenvalue weighted by Gasteiger charge is -2.57. The average molecular weight is 522 g/mol. The van der Waals surface area contributed by atoms with Crippen LogP contribution < -0.4 is 5.19 Å². The van der Waals surface area contributed by atoms with E-state index < -0.39 is 16.3 Å². The Balaban J connectivity index is 1.87. The van der Waals surface area contributed by atoms with Crippen molar-refractivity contribution in [2.24, 2.45) is 23.7 Å². The molecule has 0 aliphatic heterocycles. The number of fused-ring (bicyclic) bond motifs is 4. The van der Waals surface area contributed by atoms with Gasteiger partial charge in [-0.15, -0.1) is 0 Å². The van der Waals surface area contributed by atoms with Gasteiger partial charge in [0.15, 0.2) is 0 Å². The van der Waals surface area contributed by atoms with Crippen LogP contribution >= 0.6 is 0 Å². The first-order valence-electron chi connectivity index (χ1n) is 14.5. The van der Waals surface area contributed by atoms with Crippen molar-refractivity contribution in [2.45, 2.75) is 124 Å². The quantitative estimate of drug-likeness (QED) is 0.359. The number of hydrogen-bond acceptors (Lipinski definition) is 1. The maximum Gasteiger partial charge on any atom is 0.127 e. The monoisotopic (exact) mass is 521 g/mol. The minimum Gasteiger partial charge on any atom is -0.314 e. The van der Waals surface area contributed by atoms with Crippen LogP contribution in [0.5, 0.6) is 0 Å². The molecule has 3 aliphatic carbocycles. The van der Waals surface area contributed by atoms with Gasteiger partial charge in [0, 0.05) is 16.5 Å². The van der Waals surface area contributed by atoms with Gasteiger partial charge in [-0.05, 0) is 93.0 Å². The van der Waals surface area contributed by atoms with Gasteiger partial charge in [0.25, 0.3) is 0 Å². The van der Waals surface area contributed by atoms with Crippen LogP contribution in [-0.2, 0) is 5.41 Å². The molecule has 200 valence electrons. The summed E-state index contributed by atoms with van der Waals surface area (Å²) in [7, 11) is -3.18. The van der Waals surface area contributed by atoms with Crippen LogP contribution in [0.3, 0.4) is 0 Å². The first-order valence-corrected chi connectivity index (χ1v) is 21.0. The van der Waals surface area contributed by atoms with Crippen LogP contribution in [0.15, 0.2) is 35.9 Å². The minimum absolute atomic E-state index is 0.0959. The topological polar surface area (TPSA) is 3.24 Å². The molecule has 5 unspecified atom stereocenters. The van der Waals surface area contributed by atoms with Gasteiger partial charge in [0.05, 0.1) is 8.07 Å². The standard InChI is InChI=1S/C33H55NSi2/c1-21-22(2)30(36(14,15)34(31(3,4)5)32(6,7)8)27-19-26-24-17-16-23(35(11,12)13)18-28(24)33(9,10)29(26)20-25(21)27/h16-22,25,27,30H,1-15H3. The zero-order valence-corrected chi connectivity index (χ0v) is 28.2. The van der Waals surface area contributed by atoms with Crippen molar-refractivity contribution < 1.29 is 0 Å². The molecule has 1 nitrogen and oxygen atoms in total. The highest BCUT2D eigenvalue weighted by Crippen LogP contribution is 2.62. The maximum absolute atomic E-state index is 2.97. The van der Waals surface area contributed by atoms with E-state index in [1.165, 1.54) is 5.56 Å². The first-order chi connectivity index (χ1) is 16.1. The predicted molar refractivity (Wildman–Crippen MR) is 166 cm³/mol. The van der Waals surface area contributed by atoms with Gasteiger partial charge < -0.3 is 4.57 Å². The normalized spacial score (nSPS) is 30.1. The van der Waals surface area contributed by atoms with E-state index in [9.17, 15) is 0 Å². The molecule has 0 heterocycles. The third-order valence-electron chi connectivity index (χ3n) is 10.1. The number of rotatable bonds is 3. The number of allylic oxidation sites excluding steroid dienone is 4. The third-order valence-corrected chi connectivity index (χ3v) is 17.2. The molecule has 3 aliphatic rings. The summed E-state index contributed by atoms with van der Waals surface area (Å²) in [5.74, 6) is 2.75. The van der Waals surface area contributed by atoms with Gasteiger partial charge in [0.1, 0.15) is 8.24 Å². The Morgan fingerprint density at radius 2 is 1.33 bits per heavy atom. The van der Waals surface area contributed by atoms with Crippen molar-refractivity contribution in [2.75, 3.05) is 0 Å². The molecule has 0 radical (unpaired) electrons. The van der Waals surface area contributed by atoms with E-state index in [2.05, 4.69) is 137 Å². The van der Waals surface area contributed by atoms with Gasteiger partial charge in [-0.2, -0.15) is 0 Å². The Morgan fingerprint density at radius 3 is 1.83 bits per heavy atom. The summed E-state index contributed by atoms with van der Waals surface area (Å²) in [6, 6.07) is 7.52. The van der Waals surface area contributed by atoms with E-state index in [1.54, 1.807) is 21.9 Å². The van der Waals surface area contributed by atoms with Crippen LogP contribution in [0.2, 0.25) is 38.3 Å². The van der Waals surface area contributed by atoms with Crippen LogP contribution in [-0.4, -0.2) is 32.0 Å². The van der Waals surface area contributed by atoms with Crippen LogP contribution in [0, 0.1) is 23.7 Å². The molecule has 1 fully saturated rings. The summed E-state index contributed by atoms with van der Waals surface area (Å²) >= 11 is 0. The van der Waals surface area contributed by atoms with E-state index in [0.717, 1.165) is 17.4 Å². The predicted octanol–water partition coefficient (Wildman–Crippen LogP) is 8.84. The van der Waals surface area contributed by atoms with Crippen LogP contribution in [0.4, 0.5) is 0 Å². The fourth-order valence-electron chi connectivity index (χ4n) is 9.35. The molecule has 0 amide bonds. The highest BCUT2D eigenvalue weighted by Gasteiger charge is 2.58. The van der Waals surface area contributed by atoms with Gasteiger partial charge >= 0.3 is 0 Å². The highest BCUT2D eigenvalue weighted by molar-refractivity contribution is 6.88. The Bertz CT molecular complexity index is 1090. The van der Waals surface area contributed by atoms with E-state index in [0.29, 0.717) is 11.8 Å². The van der Waals surface area contributed by atoms with E-state index in [-0.39, 0.29) is 16.5 Å². The smallest absolute Gasteiger partial charge is 0.127 e. The largest absolute Gasteiger partial charge is 0.314 e. The fraction of sp³-hybridized carbons (Fsp3) is 0.697. The fourth-order valence-corrected chi connectivity index (χ4v) is 17.1. The molecule has 4 rings (SSSR count). The molecular formula is C33H55NSi2. The molecule has 3 heteroatoms. The van der Waals surface area contributed by atoms with Gasteiger partial charge in [0.2, 0.25) is 0 Å². The Kier molecular flexibility index (Phi) is 6.48. The molecule has 0 spiro atoms. The molecule has 0 bridgehead atoms. The lowest BCUT2D eigenvalue weighted by atomic mass is 9.75. The van der Waals surface area contributed by atoms with Crippen molar-refractivity contribution in [1.29, 1.82) is 0 Å². The first kappa shape index (κ1) is 28.1. The molecule has 0 saturated heterocycles. The van der Waals surface area contributed by atoms with Crippen molar-refractivity contribution in [3.8, 4) is 0 Å². The summed E-state index contributed by atoms with van der Waals surface area (Å²) < 4.78 is 2.97. The van der Waals surface area contributed by atoms with Gasteiger partial charge in [-0.3, -0.25) is 0 Å². The molecular weight excluding hydrogens is 467 g/mol. The lowest BCUT2D eigenvalue weighted by molar-refractivity contribution is 0.121. The van der Waals surface area contributed by atoms with Crippen molar-refractivity contribution in [1.82, 2.24) is 4.57 Å². The molecule has 5 atom stereocenters. The van der Waals surface area contributed by atoms with E-state index in [1.807, 2.05) is 0 Å². The summed E-state index contributed by atoms with van der Waals surface area (Å²) in [5.41, 5.74) is 7.41. The number of benzene rings is 1.